The molecule has 0 bridgehead atoms. The van der Waals surface area contributed by atoms with E-state index in [-0.39, 0.29) is 30.1 Å². The highest BCUT2D eigenvalue weighted by atomic mass is 16.6. The number of rotatable bonds is 5. The molecule has 0 aromatic carbocycles. The van der Waals surface area contributed by atoms with Crippen molar-refractivity contribution in [2.75, 3.05) is 7.11 Å². The van der Waals surface area contributed by atoms with E-state index in [4.69, 9.17) is 18.9 Å². The van der Waals surface area contributed by atoms with Crippen LogP contribution in [0.15, 0.2) is 42.1 Å². The van der Waals surface area contributed by atoms with E-state index >= 15 is 0 Å². The predicted octanol–water partition coefficient (Wildman–Crippen LogP) is 2.71. The number of ether oxygens (including phenoxy) is 4. The Bertz CT molecular complexity index is 1430. The molecular weight excluding hydrogens is 608 g/mol. The Labute approximate surface area is 275 Å². The molecule has 4 N–H and O–H groups in total. The fourth-order valence-electron chi connectivity index (χ4n) is 8.42. The van der Waals surface area contributed by atoms with Crippen molar-refractivity contribution >= 4 is 23.8 Å². The van der Waals surface area contributed by atoms with E-state index < -0.39 is 83.2 Å². The van der Waals surface area contributed by atoms with Gasteiger partial charge >= 0.3 is 23.8 Å². The zero-order chi connectivity index (χ0) is 34.6. The molecule has 1 aliphatic heterocycles. The highest BCUT2D eigenvalue weighted by Crippen LogP contribution is 2.66. The first-order valence-electron chi connectivity index (χ1n) is 16.4. The zero-order valence-corrected chi connectivity index (χ0v) is 28.3. The highest BCUT2D eigenvalue weighted by molar-refractivity contribution is 6.32. The van der Waals surface area contributed by atoms with Crippen LogP contribution < -0.4 is 5.32 Å². The van der Waals surface area contributed by atoms with Crippen molar-refractivity contribution in [3.8, 4) is 0 Å². The van der Waals surface area contributed by atoms with E-state index in [1.807, 2.05) is 32.1 Å². The molecule has 1 aromatic heterocycles. The van der Waals surface area contributed by atoms with Crippen LogP contribution in [0.4, 0.5) is 0 Å². The number of aliphatic hydroxyl groups is 2. The minimum absolute atomic E-state index is 0.0915. The summed E-state index contributed by atoms with van der Waals surface area (Å²) in [6.45, 7) is 12.2. The van der Waals surface area contributed by atoms with Crippen LogP contribution in [-0.4, -0.2) is 87.8 Å². The summed E-state index contributed by atoms with van der Waals surface area (Å²) in [4.78, 5) is 54.4. The highest BCUT2D eigenvalue weighted by Gasteiger charge is 2.71. The average Bonchev–Trinajstić information content (AvgIpc) is 3.58. The predicted molar refractivity (Wildman–Crippen MR) is 168 cm³/mol. The van der Waals surface area contributed by atoms with Gasteiger partial charge in [0, 0.05) is 48.4 Å². The van der Waals surface area contributed by atoms with Gasteiger partial charge in [0.25, 0.3) is 0 Å². The number of carbonyl (C=O) groups is 4. The van der Waals surface area contributed by atoms with Crippen molar-refractivity contribution in [3.63, 3.8) is 0 Å². The van der Waals surface area contributed by atoms with Crippen molar-refractivity contribution < 1.29 is 48.3 Å². The number of nitrogens with one attached hydrogen (secondary N) is 2. The molecule has 2 fully saturated rings. The van der Waals surface area contributed by atoms with Crippen LogP contribution >= 0.6 is 0 Å². The molecule has 3 aliphatic carbocycles. The maximum absolute atomic E-state index is 13.5. The lowest BCUT2D eigenvalue weighted by atomic mass is 9.46. The van der Waals surface area contributed by atoms with Gasteiger partial charge in [-0.05, 0) is 70.6 Å². The lowest BCUT2D eigenvalue weighted by molar-refractivity contribution is -0.189. The molecule has 1 aromatic rings. The number of fused-ring (bicyclic) bond motifs is 6. The zero-order valence-electron chi connectivity index (χ0n) is 28.3. The lowest BCUT2D eigenvalue weighted by Crippen LogP contribution is -2.65. The summed E-state index contributed by atoms with van der Waals surface area (Å²) in [6, 6.07) is 3.35. The molecule has 3 unspecified atom stereocenters. The summed E-state index contributed by atoms with van der Waals surface area (Å²) in [5.74, 6) is -5.90. The summed E-state index contributed by atoms with van der Waals surface area (Å²) < 4.78 is 22.9. The van der Waals surface area contributed by atoms with Gasteiger partial charge in [-0.25, -0.2) is 14.4 Å². The number of allylic oxidation sites excluding steroid dienone is 1. The van der Waals surface area contributed by atoms with E-state index in [1.165, 1.54) is 7.11 Å². The second-order valence-corrected chi connectivity index (χ2v) is 14.8. The fourth-order valence-corrected chi connectivity index (χ4v) is 8.42. The summed E-state index contributed by atoms with van der Waals surface area (Å²) >= 11 is 0. The van der Waals surface area contributed by atoms with Gasteiger partial charge < -0.3 is 39.5 Å². The monoisotopic (exact) mass is 656 g/mol. The summed E-state index contributed by atoms with van der Waals surface area (Å²) in [5.41, 5.74) is -1.21. The molecule has 4 aliphatic rings. The number of hydrogen-bond acceptors (Lipinski definition) is 10. The molecule has 12 nitrogen and oxygen atoms in total. The number of cyclic esters (lactones) is 1. The summed E-state index contributed by atoms with van der Waals surface area (Å²) in [5, 5.41) is 26.9. The molecule has 5 rings (SSSR count). The second-order valence-electron chi connectivity index (χ2n) is 14.8. The Hall–Kier alpha value is -3.48. The van der Waals surface area contributed by atoms with E-state index in [0.717, 1.165) is 0 Å². The number of aromatic nitrogens is 1. The van der Waals surface area contributed by atoms with Crippen LogP contribution in [-0.2, 0) is 33.3 Å². The molecule has 1 amide bonds. The number of amides is 1. The van der Waals surface area contributed by atoms with Gasteiger partial charge in [0.15, 0.2) is 6.10 Å². The van der Waals surface area contributed by atoms with Crippen LogP contribution in [0.2, 0.25) is 0 Å². The first kappa shape index (κ1) is 34.8. The minimum atomic E-state index is -1.49. The lowest BCUT2D eigenvalue weighted by Gasteiger charge is -2.61. The second kappa shape index (κ2) is 12.9. The van der Waals surface area contributed by atoms with Gasteiger partial charge in [-0.3, -0.25) is 4.79 Å². The Kier molecular flexibility index (Phi) is 9.53. The molecule has 258 valence electrons. The standard InChI is InChI=1S/C35H48N2O10/c1-16-14-17(2)35(43)20(15-23(44-8)32(41)46-28(16)19(4)45-33(42)30(39)37-34(5,6)7)11-12-21-24-25(26(21)35)27(38)18(3)29(24)47-31(40)22-10-9-13-36-22/h9-14,16,18-21,23-29,36,38,43H,15H2,1-8H3,(H,37,39)/b17-14+/t16-,18-,19-,20-,21?,23+,24+,25?,26?,27-,28+,29-,35+/m1/s1. The fraction of sp³-hybridized carbons (Fsp3) is 0.657. The van der Waals surface area contributed by atoms with E-state index in [9.17, 15) is 29.4 Å². The van der Waals surface area contributed by atoms with Crippen molar-refractivity contribution in [3.05, 3.63) is 47.8 Å². The Morgan fingerprint density at radius 3 is 2.49 bits per heavy atom. The Morgan fingerprint density at radius 1 is 1.17 bits per heavy atom. The molecular formula is C35H48N2O10. The van der Waals surface area contributed by atoms with Gasteiger partial charge in [-0.1, -0.05) is 32.1 Å². The maximum Gasteiger partial charge on any atom is 0.397 e. The van der Waals surface area contributed by atoms with Crippen LogP contribution in [0.25, 0.3) is 0 Å². The molecule has 2 heterocycles. The van der Waals surface area contributed by atoms with Crippen LogP contribution in [0.1, 0.15) is 65.4 Å². The van der Waals surface area contributed by atoms with Crippen LogP contribution in [0.5, 0.6) is 0 Å². The van der Waals surface area contributed by atoms with Gasteiger partial charge in [0.2, 0.25) is 0 Å². The van der Waals surface area contributed by atoms with Crippen LogP contribution in [0, 0.1) is 41.4 Å². The number of H-pyrrole nitrogens is 1. The molecule has 12 heteroatoms. The van der Waals surface area contributed by atoms with Gasteiger partial charge in [0.05, 0.1) is 11.7 Å². The Morgan fingerprint density at radius 2 is 1.87 bits per heavy atom. The van der Waals surface area contributed by atoms with Gasteiger partial charge in [0.1, 0.15) is 24.0 Å². The molecule has 0 spiro atoms. The third-order valence-electron chi connectivity index (χ3n) is 10.6. The number of aliphatic hydroxyl groups excluding tert-OH is 1. The van der Waals surface area contributed by atoms with Gasteiger partial charge in [-0.2, -0.15) is 0 Å². The largest absolute Gasteiger partial charge is 0.457 e. The molecule has 0 radical (unpaired) electrons. The van der Waals surface area contributed by atoms with Crippen molar-refractivity contribution in [1.29, 1.82) is 0 Å². The molecule has 13 atom stereocenters. The first-order valence-corrected chi connectivity index (χ1v) is 16.4. The normalized spacial score (nSPS) is 39.8. The molecule has 47 heavy (non-hydrogen) atoms. The maximum atomic E-state index is 13.5. The topological polar surface area (TPSA) is 173 Å². The minimum Gasteiger partial charge on any atom is -0.457 e. The van der Waals surface area contributed by atoms with E-state index in [1.54, 1.807) is 52.9 Å². The number of aromatic amines is 1. The molecule has 0 saturated heterocycles. The first-order chi connectivity index (χ1) is 22.0. The summed E-state index contributed by atoms with van der Waals surface area (Å²) in [6.07, 6.45) is 2.99. The van der Waals surface area contributed by atoms with E-state index in [0.29, 0.717) is 11.3 Å². The third-order valence-corrected chi connectivity index (χ3v) is 10.6. The number of methoxy groups -OCH3 is 1. The number of carbonyl (C=O) groups excluding carboxylic acids is 4. The quantitative estimate of drug-likeness (QED) is 0.160. The van der Waals surface area contributed by atoms with Crippen LogP contribution in [0.3, 0.4) is 0 Å². The van der Waals surface area contributed by atoms with E-state index in [2.05, 4.69) is 10.3 Å². The molecule has 2 saturated carbocycles. The van der Waals surface area contributed by atoms with Crippen molar-refractivity contribution in [1.82, 2.24) is 10.3 Å². The third kappa shape index (κ3) is 6.27. The van der Waals surface area contributed by atoms with Crippen molar-refractivity contribution in [2.45, 2.75) is 96.5 Å². The number of hydrogen-bond donors (Lipinski definition) is 4. The SMILES string of the molecule is CO[C@H]1C[C@H]2C=CC3C(C4[C@H]3[C@H](OC(=O)c3ccc[nH]3)[C@H](C)[C@H]4O)[C@]2(O)/C(C)=C/[C@@H](C)[C@@H]([C@@H](C)OC(=O)C(=O)NC(C)(C)C)OC1=O. The number of esters is 3. The summed E-state index contributed by atoms with van der Waals surface area (Å²) in [7, 11) is 1.39. The Balaban J connectivity index is 1.45. The average molecular weight is 657 g/mol. The smallest absolute Gasteiger partial charge is 0.397 e. The van der Waals surface area contributed by atoms with Crippen molar-refractivity contribution in [2.24, 2.45) is 41.4 Å². The van der Waals surface area contributed by atoms with Gasteiger partial charge in [-0.15, -0.1) is 0 Å².